The van der Waals surface area contributed by atoms with Crippen molar-refractivity contribution in [1.29, 1.82) is 0 Å². The third-order valence-corrected chi connectivity index (χ3v) is 3.02. The van der Waals surface area contributed by atoms with Crippen LogP contribution in [0.4, 0.5) is 0 Å². The molecule has 0 spiro atoms. The first kappa shape index (κ1) is 10.9. The van der Waals surface area contributed by atoms with Crippen LogP contribution in [0.3, 0.4) is 0 Å². The van der Waals surface area contributed by atoms with Crippen LogP contribution < -0.4 is 0 Å². The van der Waals surface area contributed by atoms with Gasteiger partial charge in [-0.15, -0.1) is 0 Å². The topological polar surface area (TPSA) is 78.0 Å². The van der Waals surface area contributed by atoms with Crippen molar-refractivity contribution in [3.05, 3.63) is 29.9 Å². The monoisotopic (exact) mass is 241 g/mol. The zero-order chi connectivity index (χ0) is 11.8. The molecule has 0 aliphatic carbocycles. The van der Waals surface area contributed by atoms with Crippen molar-refractivity contribution in [3.8, 4) is 0 Å². The predicted octanol–water partition coefficient (Wildman–Crippen LogP) is 0.631. The summed E-state index contributed by atoms with van der Waals surface area (Å²) in [6.07, 6.45) is 4.17. The van der Waals surface area contributed by atoms with Gasteiger partial charge >= 0.3 is 0 Å². The van der Waals surface area contributed by atoms with Crippen LogP contribution in [0, 0.1) is 6.92 Å². The molecule has 86 valence electrons. The van der Waals surface area contributed by atoms with Crippen LogP contribution in [-0.4, -0.2) is 29.4 Å². The summed E-state index contributed by atoms with van der Waals surface area (Å²) < 4.78 is 29.2. The molecule has 0 N–H and O–H groups in total. The quantitative estimate of drug-likeness (QED) is 0.787. The van der Waals surface area contributed by atoms with E-state index in [0.29, 0.717) is 18.0 Å². The van der Waals surface area contributed by atoms with Crippen LogP contribution in [0.25, 0.3) is 0 Å². The number of rotatable bonds is 3. The van der Waals surface area contributed by atoms with Crippen LogP contribution in [-0.2, 0) is 16.4 Å². The molecule has 2 aromatic heterocycles. The highest BCUT2D eigenvalue weighted by Gasteiger charge is 2.15. The van der Waals surface area contributed by atoms with E-state index in [1.807, 2.05) is 0 Å². The summed E-state index contributed by atoms with van der Waals surface area (Å²) in [4.78, 5) is 3.81. The fourth-order valence-electron chi connectivity index (χ4n) is 1.41. The number of hydrogen-bond acceptors (Lipinski definition) is 5. The van der Waals surface area contributed by atoms with Crippen molar-refractivity contribution in [2.75, 3.05) is 6.26 Å². The van der Waals surface area contributed by atoms with Crippen molar-refractivity contribution in [2.45, 2.75) is 18.6 Å². The van der Waals surface area contributed by atoms with Crippen LogP contribution in [0.5, 0.6) is 0 Å². The first-order valence-corrected chi connectivity index (χ1v) is 6.49. The van der Waals surface area contributed by atoms with Crippen molar-refractivity contribution in [1.82, 2.24) is 14.7 Å². The van der Waals surface area contributed by atoms with Gasteiger partial charge in [0, 0.05) is 24.7 Å². The number of aryl methyl sites for hydroxylation is 1. The molecule has 0 aliphatic heterocycles. The second-order valence-corrected chi connectivity index (χ2v) is 5.45. The lowest BCUT2D eigenvalue weighted by molar-refractivity contribution is 0.388. The van der Waals surface area contributed by atoms with Gasteiger partial charge in [0.15, 0.2) is 0 Å². The maximum Gasteiger partial charge on any atom is 0.227 e. The molecule has 0 aliphatic rings. The van der Waals surface area contributed by atoms with Gasteiger partial charge in [0.25, 0.3) is 0 Å². The molecule has 2 aromatic rings. The Morgan fingerprint density at radius 2 is 2.25 bits per heavy atom. The van der Waals surface area contributed by atoms with Gasteiger partial charge in [-0.25, -0.2) is 13.4 Å². The van der Waals surface area contributed by atoms with E-state index < -0.39 is 9.84 Å². The molecular formula is C9H11N3O3S. The number of hydrogen-bond donors (Lipinski definition) is 0. The standard InChI is InChI=1S/C9H11N3O3S/c1-7-5-8(11-15-7)6-12-4-3-10-9(12)16(2,13)14/h3-5H,6H2,1-2H3. The second kappa shape index (κ2) is 3.75. The van der Waals surface area contributed by atoms with Gasteiger partial charge in [-0.2, -0.15) is 0 Å². The first-order valence-electron chi connectivity index (χ1n) is 4.60. The van der Waals surface area contributed by atoms with E-state index in [0.717, 1.165) is 6.26 Å². The van der Waals surface area contributed by atoms with Gasteiger partial charge in [-0.1, -0.05) is 5.16 Å². The van der Waals surface area contributed by atoms with E-state index in [2.05, 4.69) is 10.1 Å². The van der Waals surface area contributed by atoms with Crippen molar-refractivity contribution in [2.24, 2.45) is 0 Å². The third-order valence-electron chi connectivity index (χ3n) is 2.02. The largest absolute Gasteiger partial charge is 0.361 e. The highest BCUT2D eigenvalue weighted by atomic mass is 32.2. The lowest BCUT2D eigenvalue weighted by Crippen LogP contribution is -2.09. The SMILES string of the molecule is Cc1cc(Cn2ccnc2S(C)(=O)=O)no1. The van der Waals surface area contributed by atoms with Crippen LogP contribution in [0.2, 0.25) is 0 Å². The molecule has 16 heavy (non-hydrogen) atoms. The number of imidazole rings is 1. The van der Waals surface area contributed by atoms with E-state index in [4.69, 9.17) is 4.52 Å². The second-order valence-electron chi connectivity index (χ2n) is 3.54. The first-order chi connectivity index (χ1) is 7.47. The van der Waals surface area contributed by atoms with E-state index in [9.17, 15) is 8.42 Å². The Morgan fingerprint density at radius 3 is 2.81 bits per heavy atom. The number of aromatic nitrogens is 3. The third kappa shape index (κ3) is 2.13. The summed E-state index contributed by atoms with van der Waals surface area (Å²) in [5.41, 5.74) is 0.667. The van der Waals surface area contributed by atoms with Crippen molar-refractivity contribution in [3.63, 3.8) is 0 Å². The minimum atomic E-state index is -3.31. The van der Waals surface area contributed by atoms with Crippen molar-refractivity contribution >= 4 is 9.84 Å². The summed E-state index contributed by atoms with van der Waals surface area (Å²) in [5.74, 6) is 0.691. The highest BCUT2D eigenvalue weighted by molar-refractivity contribution is 7.90. The fourth-order valence-corrected chi connectivity index (χ4v) is 2.22. The maximum absolute atomic E-state index is 11.4. The average Bonchev–Trinajstić information content (AvgIpc) is 2.74. The minimum absolute atomic E-state index is 0.0353. The molecule has 2 heterocycles. The molecule has 0 fully saturated rings. The van der Waals surface area contributed by atoms with E-state index in [1.54, 1.807) is 19.2 Å². The van der Waals surface area contributed by atoms with E-state index in [-0.39, 0.29) is 5.16 Å². The van der Waals surface area contributed by atoms with Gasteiger partial charge in [-0.3, -0.25) is 0 Å². The summed E-state index contributed by atoms with van der Waals surface area (Å²) in [7, 11) is -3.31. The van der Waals surface area contributed by atoms with Crippen LogP contribution in [0.1, 0.15) is 11.5 Å². The Balaban J connectivity index is 2.33. The molecule has 0 radical (unpaired) electrons. The minimum Gasteiger partial charge on any atom is -0.361 e. The molecule has 0 saturated heterocycles. The molecule has 0 atom stereocenters. The molecule has 2 rings (SSSR count). The van der Waals surface area contributed by atoms with Crippen LogP contribution in [0.15, 0.2) is 28.1 Å². The Morgan fingerprint density at radius 1 is 1.50 bits per heavy atom. The number of sulfone groups is 1. The van der Waals surface area contributed by atoms with E-state index in [1.165, 1.54) is 10.8 Å². The van der Waals surface area contributed by atoms with Gasteiger partial charge in [0.05, 0.1) is 6.54 Å². The van der Waals surface area contributed by atoms with Crippen molar-refractivity contribution < 1.29 is 12.9 Å². The Kier molecular flexibility index (Phi) is 2.55. The maximum atomic E-state index is 11.4. The molecule has 7 heteroatoms. The summed E-state index contributed by atoms with van der Waals surface area (Å²) in [6, 6.07) is 1.76. The summed E-state index contributed by atoms with van der Waals surface area (Å²) in [6.45, 7) is 2.11. The lowest BCUT2D eigenvalue weighted by atomic mass is 10.4. The Labute approximate surface area is 92.8 Å². The number of nitrogens with zero attached hydrogens (tertiary/aromatic N) is 3. The zero-order valence-corrected chi connectivity index (χ0v) is 9.73. The molecule has 6 nitrogen and oxygen atoms in total. The van der Waals surface area contributed by atoms with Crippen LogP contribution >= 0.6 is 0 Å². The smallest absolute Gasteiger partial charge is 0.227 e. The van der Waals surface area contributed by atoms with Gasteiger partial charge in [0.2, 0.25) is 15.0 Å². The Hall–Kier alpha value is -1.63. The zero-order valence-electron chi connectivity index (χ0n) is 8.91. The highest BCUT2D eigenvalue weighted by Crippen LogP contribution is 2.10. The normalized spacial score (nSPS) is 11.9. The molecule has 0 bridgehead atoms. The molecule has 0 unspecified atom stereocenters. The fraction of sp³-hybridized carbons (Fsp3) is 0.333. The van der Waals surface area contributed by atoms with Gasteiger partial charge in [-0.05, 0) is 6.92 Å². The van der Waals surface area contributed by atoms with E-state index >= 15 is 0 Å². The Bertz CT molecular complexity index is 597. The van der Waals surface area contributed by atoms with Gasteiger partial charge in [0.1, 0.15) is 11.5 Å². The summed E-state index contributed by atoms with van der Waals surface area (Å²) >= 11 is 0. The molecule has 0 aromatic carbocycles. The summed E-state index contributed by atoms with van der Waals surface area (Å²) in [5, 5.41) is 3.83. The lowest BCUT2D eigenvalue weighted by Gasteiger charge is -2.02. The predicted molar refractivity (Wildman–Crippen MR) is 55.7 cm³/mol. The average molecular weight is 241 g/mol. The molecular weight excluding hydrogens is 230 g/mol. The molecule has 0 amide bonds. The van der Waals surface area contributed by atoms with Gasteiger partial charge < -0.3 is 9.09 Å². The molecule has 0 saturated carbocycles.